The number of hydrogen-bond donors (Lipinski definition) is 0. The molecule has 5 rings (SSSR count). The van der Waals surface area contributed by atoms with Crippen molar-refractivity contribution in [3.8, 4) is 0 Å². The maximum absolute atomic E-state index is 14.5. The molecule has 6 nitrogen and oxygen atoms in total. The van der Waals surface area contributed by atoms with Crippen molar-refractivity contribution in [1.82, 2.24) is 4.98 Å². The first-order valence-electron chi connectivity index (χ1n) is 11.0. The SMILES string of the molecule is O=C([O-])c1ccc(S(=O)(=O)N(Cc2cc3c(F)cc(F)cc3s2)c2ncc3ccccc3c2C(F)(F)F)cc1.[Na+]. The van der Waals surface area contributed by atoms with E-state index in [1.807, 2.05) is 0 Å². The zero-order valence-corrected chi connectivity index (χ0v) is 24.0. The van der Waals surface area contributed by atoms with Crippen LogP contribution in [0.1, 0.15) is 20.8 Å². The van der Waals surface area contributed by atoms with Crippen molar-refractivity contribution >= 4 is 54.0 Å². The van der Waals surface area contributed by atoms with Gasteiger partial charge >= 0.3 is 35.7 Å². The van der Waals surface area contributed by atoms with Gasteiger partial charge in [-0.15, -0.1) is 11.3 Å². The van der Waals surface area contributed by atoms with Gasteiger partial charge in [-0.05, 0) is 35.2 Å². The van der Waals surface area contributed by atoms with Crippen LogP contribution < -0.4 is 39.0 Å². The van der Waals surface area contributed by atoms with Crippen molar-refractivity contribution in [3.63, 3.8) is 0 Å². The van der Waals surface area contributed by atoms with E-state index in [1.54, 1.807) is 0 Å². The van der Waals surface area contributed by atoms with Crippen LogP contribution in [0.4, 0.5) is 27.8 Å². The van der Waals surface area contributed by atoms with Gasteiger partial charge < -0.3 is 9.90 Å². The molecule has 40 heavy (non-hydrogen) atoms. The van der Waals surface area contributed by atoms with E-state index >= 15 is 0 Å². The third-order valence-corrected chi connectivity index (χ3v) is 8.70. The summed E-state index contributed by atoms with van der Waals surface area (Å²) in [5.41, 5.74) is -1.66. The average Bonchev–Trinajstić information content (AvgIpc) is 3.29. The van der Waals surface area contributed by atoms with Crippen LogP contribution >= 0.6 is 11.3 Å². The number of halogens is 5. The number of nitrogens with zero attached hydrogens (tertiary/aromatic N) is 2. The van der Waals surface area contributed by atoms with Crippen molar-refractivity contribution in [3.05, 3.63) is 101 Å². The molecule has 0 aliphatic carbocycles. The Morgan fingerprint density at radius 2 is 1.65 bits per heavy atom. The first-order chi connectivity index (χ1) is 18.4. The standard InChI is InChI=1S/C26H15F5N2O4S2.Na/c27-16-9-21(28)20-11-17(38-22(20)10-16)13-33(39(36,37)18-7-5-14(6-8-18)25(34)35)24-23(26(29,30)31)19-4-2-1-3-15(19)12-32-24;/h1-12H,13H2,(H,34,35);/q;+1/p-1. The van der Waals surface area contributed by atoms with Gasteiger partial charge in [0.25, 0.3) is 10.0 Å². The Kier molecular flexibility index (Phi) is 8.25. The number of carboxylic acid groups (broad SMARTS) is 1. The van der Waals surface area contributed by atoms with E-state index in [9.17, 15) is 40.3 Å². The quantitative estimate of drug-likeness (QED) is 0.221. The van der Waals surface area contributed by atoms with Gasteiger partial charge in [-0.3, -0.25) is 0 Å². The predicted molar refractivity (Wildman–Crippen MR) is 133 cm³/mol. The summed E-state index contributed by atoms with van der Waals surface area (Å²) in [6.07, 6.45) is -3.94. The van der Waals surface area contributed by atoms with Crippen LogP contribution in [0.5, 0.6) is 0 Å². The maximum Gasteiger partial charge on any atom is 1.00 e. The number of aromatic carboxylic acids is 1. The molecule has 2 aromatic heterocycles. The predicted octanol–water partition coefficient (Wildman–Crippen LogP) is 2.51. The Hall–Kier alpha value is -3.10. The molecule has 3 aromatic carbocycles. The maximum atomic E-state index is 14.5. The number of rotatable bonds is 6. The van der Waals surface area contributed by atoms with Crippen LogP contribution in [0, 0.1) is 11.6 Å². The van der Waals surface area contributed by atoms with Crippen molar-refractivity contribution < 1.29 is 69.8 Å². The first-order valence-corrected chi connectivity index (χ1v) is 13.3. The summed E-state index contributed by atoms with van der Waals surface area (Å²) in [5.74, 6) is -4.30. The van der Waals surface area contributed by atoms with Crippen LogP contribution in [0.25, 0.3) is 20.9 Å². The van der Waals surface area contributed by atoms with Crippen LogP contribution in [-0.4, -0.2) is 19.4 Å². The smallest absolute Gasteiger partial charge is 0.545 e. The molecule has 0 amide bonds. The number of aromatic nitrogens is 1. The van der Waals surface area contributed by atoms with Crippen LogP contribution in [0.3, 0.4) is 0 Å². The van der Waals surface area contributed by atoms with Gasteiger partial charge in [-0.1, -0.05) is 36.4 Å². The monoisotopic (exact) mass is 600 g/mol. The fourth-order valence-electron chi connectivity index (χ4n) is 4.12. The van der Waals surface area contributed by atoms with Gasteiger partial charge in [0.05, 0.1) is 17.4 Å². The van der Waals surface area contributed by atoms with Crippen molar-refractivity contribution in [2.45, 2.75) is 17.6 Å². The molecule has 0 saturated carbocycles. The molecular weight excluding hydrogens is 586 g/mol. The van der Waals surface area contributed by atoms with Gasteiger partial charge in [0.2, 0.25) is 0 Å². The van der Waals surface area contributed by atoms with Crippen LogP contribution in [-0.2, 0) is 22.7 Å². The normalized spacial score (nSPS) is 11.9. The number of thiophene rings is 1. The Morgan fingerprint density at radius 3 is 2.30 bits per heavy atom. The number of pyridine rings is 1. The molecule has 0 aliphatic heterocycles. The van der Waals surface area contributed by atoms with Gasteiger partial charge in [0, 0.05) is 32.6 Å². The Labute approximate surface area is 250 Å². The molecule has 200 valence electrons. The minimum Gasteiger partial charge on any atom is -0.545 e. The number of carbonyl (C=O) groups excluding carboxylic acids is 1. The van der Waals surface area contributed by atoms with Gasteiger partial charge in [0.15, 0.2) is 5.82 Å². The number of carbonyl (C=O) groups is 1. The Bertz CT molecular complexity index is 1860. The van der Waals surface area contributed by atoms with Crippen molar-refractivity contribution in [2.75, 3.05) is 4.31 Å². The number of carboxylic acids is 1. The topological polar surface area (TPSA) is 90.4 Å². The van der Waals surface area contributed by atoms with Crippen molar-refractivity contribution in [1.29, 1.82) is 0 Å². The summed E-state index contributed by atoms with van der Waals surface area (Å²) in [6.45, 7) is -0.709. The second kappa shape index (κ2) is 11.1. The van der Waals surface area contributed by atoms with E-state index in [1.165, 1.54) is 30.3 Å². The molecule has 0 saturated heterocycles. The zero-order chi connectivity index (χ0) is 28.1. The summed E-state index contributed by atoms with van der Waals surface area (Å²) >= 11 is 0.802. The molecule has 0 unspecified atom stereocenters. The number of fused-ring (bicyclic) bond motifs is 2. The van der Waals surface area contributed by atoms with E-state index in [4.69, 9.17) is 0 Å². The largest absolute Gasteiger partial charge is 1.00 e. The molecular formula is C26H14F5N2NaO4S2. The summed E-state index contributed by atoms with van der Waals surface area (Å²) < 4.78 is 99.6. The number of alkyl halides is 3. The molecule has 0 atom stereocenters. The van der Waals surface area contributed by atoms with E-state index < -0.39 is 56.6 Å². The van der Waals surface area contributed by atoms with Gasteiger partial charge in [-0.25, -0.2) is 26.5 Å². The van der Waals surface area contributed by atoms with E-state index in [2.05, 4.69) is 4.98 Å². The van der Waals surface area contributed by atoms with E-state index in [0.29, 0.717) is 10.4 Å². The van der Waals surface area contributed by atoms with Gasteiger partial charge in [0.1, 0.15) is 17.2 Å². The molecule has 0 N–H and O–H groups in total. The molecule has 0 fully saturated rings. The fourth-order valence-corrected chi connectivity index (χ4v) is 6.70. The second-order valence-electron chi connectivity index (χ2n) is 8.38. The summed E-state index contributed by atoms with van der Waals surface area (Å²) in [6, 6.07) is 12.0. The molecule has 2 heterocycles. The van der Waals surface area contributed by atoms with Crippen molar-refractivity contribution in [2.24, 2.45) is 0 Å². The Balaban J connectivity index is 0.00000370. The van der Waals surface area contributed by atoms with Crippen LogP contribution in [0.2, 0.25) is 0 Å². The molecule has 14 heteroatoms. The molecule has 5 aromatic rings. The molecule has 0 bridgehead atoms. The minimum atomic E-state index is -5.04. The van der Waals surface area contributed by atoms with E-state index in [0.717, 1.165) is 47.9 Å². The molecule has 0 radical (unpaired) electrons. The summed E-state index contributed by atoms with van der Waals surface area (Å²) in [4.78, 5) is 14.6. The number of sulfonamides is 1. The molecule has 0 spiro atoms. The second-order valence-corrected chi connectivity index (χ2v) is 11.4. The minimum absolute atomic E-state index is 0. The third-order valence-electron chi connectivity index (χ3n) is 5.88. The number of benzene rings is 3. The fraction of sp³-hybridized carbons (Fsp3) is 0.0769. The summed E-state index contributed by atoms with van der Waals surface area (Å²) in [7, 11) is -4.81. The van der Waals surface area contributed by atoms with Gasteiger partial charge in [-0.2, -0.15) is 13.2 Å². The average molecular weight is 601 g/mol. The van der Waals surface area contributed by atoms with Crippen LogP contribution in [0.15, 0.2) is 77.8 Å². The number of hydrogen-bond acceptors (Lipinski definition) is 6. The Morgan fingerprint density at radius 1 is 0.975 bits per heavy atom. The zero-order valence-electron chi connectivity index (χ0n) is 20.4. The molecule has 0 aliphatic rings. The third kappa shape index (κ3) is 5.56. The first kappa shape index (κ1) is 29.9. The number of anilines is 1. The van der Waals surface area contributed by atoms with E-state index in [-0.39, 0.29) is 60.9 Å². The summed E-state index contributed by atoms with van der Waals surface area (Å²) in [5, 5.41) is 10.9.